The quantitative estimate of drug-likeness (QED) is 0.372. The van der Waals surface area contributed by atoms with Crippen LogP contribution < -0.4 is 10.1 Å². The van der Waals surface area contributed by atoms with Gasteiger partial charge < -0.3 is 25.0 Å². The Kier molecular flexibility index (Phi) is 8.69. The average Bonchev–Trinajstić information content (AvgIpc) is 3.37. The van der Waals surface area contributed by atoms with Crippen LogP contribution in [0.4, 0.5) is 14.5 Å². The molecule has 2 heterocycles. The third-order valence-electron chi connectivity index (χ3n) is 8.26. The number of carbonyl (C=O) groups is 1. The molecule has 1 unspecified atom stereocenters. The number of H-pyrrole nitrogens is 1. The van der Waals surface area contributed by atoms with Crippen molar-refractivity contribution in [3.8, 4) is 5.75 Å². The van der Waals surface area contributed by atoms with Crippen molar-refractivity contribution in [3.05, 3.63) is 58.8 Å². The van der Waals surface area contributed by atoms with E-state index in [1.165, 1.54) is 19.2 Å². The van der Waals surface area contributed by atoms with Crippen LogP contribution in [0.3, 0.4) is 0 Å². The van der Waals surface area contributed by atoms with Crippen LogP contribution in [0, 0.1) is 12.3 Å². The molecule has 2 aromatic carbocycles. The van der Waals surface area contributed by atoms with Crippen LogP contribution in [0.2, 0.25) is 0 Å². The number of alkyl halides is 2. The summed E-state index contributed by atoms with van der Waals surface area (Å²) in [6.45, 7) is 6.22. The lowest BCUT2D eigenvalue weighted by molar-refractivity contribution is -0.187. The minimum Gasteiger partial charge on any atom is -0.496 e. The van der Waals surface area contributed by atoms with Crippen LogP contribution in [0.25, 0.3) is 10.9 Å². The summed E-state index contributed by atoms with van der Waals surface area (Å²) in [5.41, 5.74) is 2.39. The molecular formula is C29H32B5F2N3O3. The molecule has 1 spiro atoms. The molecule has 2 fully saturated rings. The molecule has 5 rings (SSSR count). The Morgan fingerprint density at radius 3 is 2.38 bits per heavy atom. The third kappa shape index (κ3) is 5.99. The van der Waals surface area contributed by atoms with Gasteiger partial charge >= 0.3 is 5.97 Å². The molecule has 1 saturated carbocycles. The van der Waals surface area contributed by atoms with E-state index in [1.54, 1.807) is 12.3 Å². The van der Waals surface area contributed by atoms with Crippen LogP contribution in [-0.2, 0) is 5.34 Å². The Bertz CT molecular complexity index is 1470. The van der Waals surface area contributed by atoms with Gasteiger partial charge in [0.1, 0.15) is 5.75 Å². The molecule has 13 heteroatoms. The Balaban J connectivity index is 0.00000198. The van der Waals surface area contributed by atoms with Crippen LogP contribution in [-0.4, -0.2) is 85.0 Å². The van der Waals surface area contributed by atoms with Gasteiger partial charge in [0.25, 0.3) is 0 Å². The molecule has 1 aromatic heterocycles. The Morgan fingerprint density at radius 2 is 1.81 bits per heavy atom. The second-order valence-electron chi connectivity index (χ2n) is 11.4. The van der Waals surface area contributed by atoms with Crippen molar-refractivity contribution in [2.45, 2.75) is 69.0 Å². The molecule has 0 bridgehead atoms. The number of hydrogen-bond donors (Lipinski definition) is 3. The number of aromatic amines is 1. The number of hydrogen-bond acceptors (Lipinski definition) is 4. The predicted molar refractivity (Wildman–Crippen MR) is 166 cm³/mol. The van der Waals surface area contributed by atoms with Gasteiger partial charge in [-0.15, -0.1) is 0 Å². The topological polar surface area (TPSA) is 77.6 Å². The maximum Gasteiger partial charge on any atom is 0.335 e. The number of aromatic nitrogens is 1. The van der Waals surface area contributed by atoms with E-state index in [0.29, 0.717) is 23.3 Å². The lowest BCUT2D eigenvalue weighted by Crippen LogP contribution is -2.58. The van der Waals surface area contributed by atoms with Gasteiger partial charge in [-0.3, -0.25) is 0 Å². The molecule has 210 valence electrons. The van der Waals surface area contributed by atoms with Gasteiger partial charge in [0.2, 0.25) is 5.92 Å². The number of anilines is 1. The minimum absolute atomic E-state index is 0.0382. The van der Waals surface area contributed by atoms with Gasteiger partial charge in [-0.2, -0.15) is 0 Å². The first-order valence-corrected chi connectivity index (χ1v) is 14.0. The fourth-order valence-corrected chi connectivity index (χ4v) is 6.64. The Hall–Kier alpha value is -2.81. The molecule has 2 aliphatic rings. The normalized spacial score (nSPS) is 19.9. The number of aryl methyl sites for hydroxylation is 1. The van der Waals surface area contributed by atoms with Gasteiger partial charge in [-0.25, -0.2) is 13.6 Å². The zero-order valence-corrected chi connectivity index (χ0v) is 24.4. The molecule has 1 aliphatic carbocycles. The van der Waals surface area contributed by atoms with Gasteiger partial charge in [0.05, 0.1) is 51.9 Å². The molecule has 3 N–H and O–H groups in total. The number of carboxylic acid groups (broad SMARTS) is 1. The highest BCUT2D eigenvalue weighted by atomic mass is 19.3. The van der Waals surface area contributed by atoms with Crippen LogP contribution in [0.5, 0.6) is 5.75 Å². The molecule has 10 radical (unpaired) electrons. The standard InChI is InChI=1S/C27H26B5F2N3O3.C2H6/c1-14-9-20(40-2)21(17-5-7-35-22(14)17)26(28,29)37-8-6-24(12-25(33,34)13-24)11-19(37)16-4-3-15(23(38)39)10-18(16)36-27(30,31)32;1-2/h3-5,7,9-10,19,35-36H,6,8,11-13H2,1-2H3,(H,38,39);1-2H3. The van der Waals surface area contributed by atoms with Crippen LogP contribution in [0.1, 0.15) is 72.6 Å². The summed E-state index contributed by atoms with van der Waals surface area (Å²) in [6, 6.07) is 7.46. The zero-order chi connectivity index (χ0) is 31.3. The molecule has 0 amide bonds. The van der Waals surface area contributed by atoms with Crippen LogP contribution >= 0.6 is 0 Å². The van der Waals surface area contributed by atoms with E-state index in [-0.39, 0.29) is 37.1 Å². The Labute approximate surface area is 252 Å². The highest BCUT2D eigenvalue weighted by Crippen LogP contribution is 2.62. The number of halogens is 2. The van der Waals surface area contributed by atoms with Crippen LogP contribution in [0.15, 0.2) is 36.5 Å². The number of methoxy groups -OCH3 is 1. The predicted octanol–water partition coefficient (Wildman–Crippen LogP) is 4.44. The molecule has 1 atom stereocenters. The van der Waals surface area contributed by atoms with Crippen molar-refractivity contribution < 1.29 is 23.4 Å². The van der Waals surface area contributed by atoms with E-state index in [0.717, 1.165) is 16.5 Å². The number of nitrogens with zero attached hydrogens (tertiary/aromatic N) is 1. The lowest BCUT2D eigenvalue weighted by Gasteiger charge is -2.58. The van der Waals surface area contributed by atoms with Crippen molar-refractivity contribution in [3.63, 3.8) is 0 Å². The molecule has 42 heavy (non-hydrogen) atoms. The van der Waals surface area contributed by atoms with Crippen molar-refractivity contribution in [2.75, 3.05) is 19.0 Å². The largest absolute Gasteiger partial charge is 0.496 e. The van der Waals surface area contributed by atoms with Gasteiger partial charge in [0.15, 0.2) is 0 Å². The van der Waals surface area contributed by atoms with E-state index in [1.807, 2.05) is 37.8 Å². The number of piperidine rings is 1. The van der Waals surface area contributed by atoms with Gasteiger partial charge in [-0.05, 0) is 72.5 Å². The lowest BCUT2D eigenvalue weighted by atomic mass is 9.49. The number of carboxylic acids is 1. The summed E-state index contributed by atoms with van der Waals surface area (Å²) < 4.78 is 34.1. The summed E-state index contributed by atoms with van der Waals surface area (Å²) in [4.78, 5) is 16.8. The second kappa shape index (κ2) is 11.4. The number of benzene rings is 2. The summed E-state index contributed by atoms with van der Waals surface area (Å²) in [7, 11) is 33.1. The third-order valence-corrected chi connectivity index (χ3v) is 8.26. The molecule has 6 nitrogen and oxygen atoms in total. The number of aromatic carboxylic acids is 1. The molecule has 1 saturated heterocycles. The number of ether oxygens (including phenoxy) is 1. The maximum absolute atomic E-state index is 14.2. The first-order valence-electron chi connectivity index (χ1n) is 14.0. The SMILES string of the molecule is CC.[B]C([B])([B])Nc1cc(C(=O)O)ccc1C1CC2(CCN1C([B])([B])c1c(OC)cc(C)c3[nH]ccc13)CC(F)(F)C2. The summed E-state index contributed by atoms with van der Waals surface area (Å²) in [5.74, 6) is -3.44. The first-order chi connectivity index (χ1) is 19.6. The summed E-state index contributed by atoms with van der Waals surface area (Å²) >= 11 is 0. The van der Waals surface area contributed by atoms with Crippen molar-refractivity contribution in [2.24, 2.45) is 5.41 Å². The molecule has 3 aromatic rings. The summed E-state index contributed by atoms with van der Waals surface area (Å²) in [5, 5.41) is 9.62. The van der Waals surface area contributed by atoms with E-state index in [4.69, 9.17) is 44.0 Å². The van der Waals surface area contributed by atoms with Gasteiger partial charge in [-0.1, -0.05) is 25.2 Å². The molecule has 1 aliphatic heterocycles. The first kappa shape index (κ1) is 32.1. The number of nitrogens with one attached hydrogen (secondary N) is 2. The highest BCUT2D eigenvalue weighted by molar-refractivity contribution is 6.60. The maximum atomic E-state index is 14.2. The monoisotopic (exact) mass is 563 g/mol. The van der Waals surface area contributed by atoms with Gasteiger partial charge in [0, 0.05) is 47.2 Å². The van der Waals surface area contributed by atoms with Crippen molar-refractivity contribution >= 4 is 61.8 Å². The minimum atomic E-state index is -2.75. The zero-order valence-electron chi connectivity index (χ0n) is 24.4. The highest BCUT2D eigenvalue weighted by Gasteiger charge is 2.59. The fourth-order valence-electron chi connectivity index (χ4n) is 6.64. The number of rotatable bonds is 7. The number of fused-ring (bicyclic) bond motifs is 1. The van der Waals surface area contributed by atoms with E-state index < -0.39 is 33.9 Å². The smallest absolute Gasteiger partial charge is 0.335 e. The fraction of sp³-hybridized carbons (Fsp3) is 0.483. The molecular weight excluding hydrogens is 530 g/mol. The van der Waals surface area contributed by atoms with E-state index in [2.05, 4.69) is 10.3 Å². The van der Waals surface area contributed by atoms with Crippen molar-refractivity contribution in [1.82, 2.24) is 9.88 Å². The number of likely N-dealkylation sites (tertiary alicyclic amines) is 1. The Morgan fingerprint density at radius 1 is 1.14 bits per heavy atom. The van der Waals surface area contributed by atoms with Crippen molar-refractivity contribution in [1.29, 1.82) is 0 Å². The van der Waals surface area contributed by atoms with E-state index >= 15 is 0 Å². The van der Waals surface area contributed by atoms with E-state index in [9.17, 15) is 18.7 Å². The summed E-state index contributed by atoms with van der Waals surface area (Å²) in [6.07, 6.45) is 2.01. The average molecular weight is 563 g/mol. The second-order valence-corrected chi connectivity index (χ2v) is 11.4.